The van der Waals surface area contributed by atoms with Crippen molar-refractivity contribution in [2.75, 3.05) is 6.54 Å². The molecule has 104 valence electrons. The lowest BCUT2D eigenvalue weighted by Gasteiger charge is -2.27. The van der Waals surface area contributed by atoms with Crippen molar-refractivity contribution in [1.29, 1.82) is 5.26 Å². The molecular weight excluding hydrogens is 241 g/mol. The summed E-state index contributed by atoms with van der Waals surface area (Å²) in [4.78, 5) is 0. The second-order valence-electron chi connectivity index (χ2n) is 5.25. The molecule has 1 fully saturated rings. The molecule has 1 rings (SSSR count). The second kappa shape index (κ2) is 6.42. The zero-order valence-corrected chi connectivity index (χ0v) is 10.8. The zero-order valence-electron chi connectivity index (χ0n) is 10.8. The Hall–Kier alpha value is -0.760. The number of nitrogens with zero attached hydrogens (tertiary/aromatic N) is 1. The van der Waals surface area contributed by atoms with Gasteiger partial charge in [-0.25, -0.2) is 0 Å². The maximum Gasteiger partial charge on any atom is 0.401 e. The van der Waals surface area contributed by atoms with Crippen LogP contribution in [0.3, 0.4) is 0 Å². The first kappa shape index (κ1) is 15.3. The van der Waals surface area contributed by atoms with Crippen molar-refractivity contribution in [3.63, 3.8) is 0 Å². The zero-order chi connectivity index (χ0) is 13.6. The Kier molecular flexibility index (Phi) is 5.46. The summed E-state index contributed by atoms with van der Waals surface area (Å²) >= 11 is 0. The third-order valence-corrected chi connectivity index (χ3v) is 3.73. The minimum absolute atomic E-state index is 0.528. The van der Waals surface area contributed by atoms with Crippen molar-refractivity contribution in [3.8, 4) is 6.07 Å². The van der Waals surface area contributed by atoms with Gasteiger partial charge in [-0.1, -0.05) is 32.6 Å². The second-order valence-corrected chi connectivity index (χ2v) is 5.25. The van der Waals surface area contributed by atoms with Crippen LogP contribution in [0.2, 0.25) is 0 Å². The van der Waals surface area contributed by atoms with E-state index in [4.69, 9.17) is 0 Å². The van der Waals surface area contributed by atoms with Crippen LogP contribution >= 0.6 is 0 Å². The van der Waals surface area contributed by atoms with Crippen molar-refractivity contribution in [2.24, 2.45) is 5.92 Å². The van der Waals surface area contributed by atoms with Gasteiger partial charge in [0, 0.05) is 0 Å². The van der Waals surface area contributed by atoms with E-state index in [9.17, 15) is 18.4 Å². The van der Waals surface area contributed by atoms with Gasteiger partial charge in [0.2, 0.25) is 0 Å². The van der Waals surface area contributed by atoms with Crippen molar-refractivity contribution in [1.82, 2.24) is 5.32 Å². The predicted octanol–water partition coefficient (Wildman–Crippen LogP) is 3.78. The molecule has 2 atom stereocenters. The lowest BCUT2D eigenvalue weighted by atomic mass is 9.90. The van der Waals surface area contributed by atoms with E-state index in [-0.39, 0.29) is 0 Å². The number of nitrogens with one attached hydrogen (secondary N) is 1. The largest absolute Gasteiger partial charge is 0.401 e. The monoisotopic (exact) mass is 262 g/mol. The Morgan fingerprint density at radius 2 is 2.06 bits per heavy atom. The lowest BCUT2D eigenvalue weighted by molar-refractivity contribution is -0.127. The Bertz CT molecular complexity index is 296. The number of nitriles is 1. The van der Waals surface area contributed by atoms with Gasteiger partial charge in [0.25, 0.3) is 0 Å². The van der Waals surface area contributed by atoms with Gasteiger partial charge in [0.15, 0.2) is 0 Å². The van der Waals surface area contributed by atoms with Gasteiger partial charge in [0.05, 0.1) is 12.6 Å². The molecule has 1 aliphatic carbocycles. The molecule has 0 spiro atoms. The lowest BCUT2D eigenvalue weighted by Crippen LogP contribution is -2.47. The van der Waals surface area contributed by atoms with E-state index < -0.39 is 18.3 Å². The third kappa shape index (κ3) is 4.85. The Morgan fingerprint density at radius 1 is 1.33 bits per heavy atom. The molecule has 0 aromatic rings. The summed E-state index contributed by atoms with van der Waals surface area (Å²) in [6.45, 7) is 1.04. The van der Waals surface area contributed by atoms with E-state index >= 15 is 0 Å². The van der Waals surface area contributed by atoms with Gasteiger partial charge in [-0.2, -0.15) is 18.4 Å². The van der Waals surface area contributed by atoms with Crippen molar-refractivity contribution < 1.29 is 13.2 Å². The van der Waals surface area contributed by atoms with Crippen LogP contribution in [-0.4, -0.2) is 18.3 Å². The van der Waals surface area contributed by atoms with E-state index in [0.717, 1.165) is 32.1 Å². The maximum atomic E-state index is 12.2. The summed E-state index contributed by atoms with van der Waals surface area (Å²) in [5.41, 5.74) is -0.974. The fraction of sp³-hybridized carbons (Fsp3) is 0.923. The summed E-state index contributed by atoms with van der Waals surface area (Å²) in [6.07, 6.45) is 1.74. The van der Waals surface area contributed by atoms with E-state index in [1.807, 2.05) is 0 Å². The van der Waals surface area contributed by atoms with Crippen LogP contribution in [-0.2, 0) is 0 Å². The molecule has 0 heterocycles. The molecule has 1 aliphatic rings. The summed E-state index contributed by atoms with van der Waals surface area (Å²) in [5.74, 6) is 0.568. The average molecular weight is 262 g/mol. The number of halogens is 3. The molecule has 5 heteroatoms. The smallest absolute Gasteiger partial charge is 0.291 e. The highest BCUT2D eigenvalue weighted by Gasteiger charge is 2.37. The number of hydrogen-bond acceptors (Lipinski definition) is 2. The van der Waals surface area contributed by atoms with Crippen molar-refractivity contribution >= 4 is 0 Å². The maximum absolute atomic E-state index is 12.2. The SMILES string of the molecule is CCCC1CCCC(C#N)(NCC(F)(F)F)CC1. The van der Waals surface area contributed by atoms with Gasteiger partial charge < -0.3 is 0 Å². The van der Waals surface area contributed by atoms with Crippen LogP contribution in [0.1, 0.15) is 51.9 Å². The van der Waals surface area contributed by atoms with Crippen molar-refractivity contribution in [2.45, 2.75) is 63.6 Å². The molecule has 0 saturated heterocycles. The fourth-order valence-electron chi connectivity index (χ4n) is 2.71. The van der Waals surface area contributed by atoms with Crippen LogP contribution in [0.25, 0.3) is 0 Å². The first-order chi connectivity index (χ1) is 8.41. The molecule has 2 unspecified atom stereocenters. The molecule has 1 saturated carbocycles. The summed E-state index contributed by atoms with van der Waals surface area (Å²) < 4.78 is 36.7. The van der Waals surface area contributed by atoms with Crippen LogP contribution in [0.15, 0.2) is 0 Å². The topological polar surface area (TPSA) is 35.8 Å². The van der Waals surface area contributed by atoms with Gasteiger partial charge in [-0.3, -0.25) is 5.32 Å². The minimum atomic E-state index is -4.25. The standard InChI is InChI=1S/C13H21F3N2/c1-2-4-11-5-3-7-12(9-17,8-6-11)18-10-13(14,15)16/h11,18H,2-8,10H2,1H3. The van der Waals surface area contributed by atoms with Gasteiger partial charge in [0.1, 0.15) is 5.54 Å². The summed E-state index contributed by atoms with van der Waals surface area (Å²) in [6, 6.07) is 2.08. The highest BCUT2D eigenvalue weighted by Crippen LogP contribution is 2.32. The van der Waals surface area contributed by atoms with E-state index in [2.05, 4.69) is 18.3 Å². The number of hydrogen-bond donors (Lipinski definition) is 1. The first-order valence-corrected chi connectivity index (χ1v) is 6.64. The van der Waals surface area contributed by atoms with Gasteiger partial charge in [-0.05, 0) is 25.2 Å². The molecule has 18 heavy (non-hydrogen) atoms. The summed E-state index contributed by atoms with van der Waals surface area (Å²) in [7, 11) is 0. The Balaban J connectivity index is 2.57. The van der Waals surface area contributed by atoms with Gasteiger partial charge in [-0.15, -0.1) is 0 Å². The molecule has 0 aromatic heterocycles. The van der Waals surface area contributed by atoms with Crippen LogP contribution in [0.4, 0.5) is 13.2 Å². The van der Waals surface area contributed by atoms with Gasteiger partial charge >= 0.3 is 6.18 Å². The molecule has 0 bridgehead atoms. The third-order valence-electron chi connectivity index (χ3n) is 3.73. The van der Waals surface area contributed by atoms with Crippen LogP contribution < -0.4 is 5.32 Å². The first-order valence-electron chi connectivity index (χ1n) is 6.64. The molecule has 0 amide bonds. The molecule has 0 aliphatic heterocycles. The van der Waals surface area contributed by atoms with Crippen LogP contribution in [0.5, 0.6) is 0 Å². The summed E-state index contributed by atoms with van der Waals surface area (Å²) in [5, 5.41) is 11.6. The quantitative estimate of drug-likeness (QED) is 0.783. The number of rotatable bonds is 4. The molecule has 0 radical (unpaired) electrons. The van der Waals surface area contributed by atoms with Crippen molar-refractivity contribution in [3.05, 3.63) is 0 Å². The Morgan fingerprint density at radius 3 is 2.61 bits per heavy atom. The predicted molar refractivity (Wildman–Crippen MR) is 63.9 cm³/mol. The normalized spacial score (nSPS) is 29.6. The number of alkyl halides is 3. The molecule has 0 aromatic carbocycles. The highest BCUT2D eigenvalue weighted by atomic mass is 19.4. The molecular formula is C13H21F3N2. The minimum Gasteiger partial charge on any atom is -0.291 e. The van der Waals surface area contributed by atoms with E-state index in [1.54, 1.807) is 0 Å². The van der Waals surface area contributed by atoms with E-state index in [1.165, 1.54) is 0 Å². The van der Waals surface area contributed by atoms with E-state index in [0.29, 0.717) is 18.8 Å². The average Bonchev–Trinajstić information content (AvgIpc) is 2.50. The molecule has 2 nitrogen and oxygen atoms in total. The highest BCUT2D eigenvalue weighted by molar-refractivity contribution is 5.08. The van der Waals surface area contributed by atoms with Crippen LogP contribution in [0, 0.1) is 17.2 Å². The fourth-order valence-corrected chi connectivity index (χ4v) is 2.71. The Labute approximate surface area is 107 Å². The molecule has 1 N–H and O–H groups in total.